The number of H-pyrrole nitrogens is 1. The van der Waals surface area contributed by atoms with Crippen molar-refractivity contribution in [2.75, 3.05) is 6.54 Å². The van der Waals surface area contributed by atoms with Gasteiger partial charge in [0, 0.05) is 12.6 Å². The van der Waals surface area contributed by atoms with Gasteiger partial charge in [-0.3, -0.25) is 4.79 Å². The number of hydrogen-bond acceptors (Lipinski definition) is 3. The Hall–Kier alpha value is -3.15. The average molecular weight is 405 g/mol. The molecule has 0 unspecified atom stereocenters. The molecule has 4 rings (SSSR count). The van der Waals surface area contributed by atoms with Crippen molar-refractivity contribution in [3.63, 3.8) is 0 Å². The first-order valence-electron chi connectivity index (χ1n) is 10.8. The van der Waals surface area contributed by atoms with Crippen molar-refractivity contribution in [2.45, 2.75) is 51.1 Å². The van der Waals surface area contributed by atoms with Crippen LogP contribution < -0.4 is 10.9 Å². The van der Waals surface area contributed by atoms with Crippen LogP contribution in [0.5, 0.6) is 0 Å². The van der Waals surface area contributed by atoms with E-state index in [0.717, 1.165) is 32.1 Å². The van der Waals surface area contributed by atoms with Crippen LogP contribution in [-0.4, -0.2) is 33.5 Å². The second kappa shape index (κ2) is 9.57. The molecule has 0 radical (unpaired) electrons. The van der Waals surface area contributed by atoms with Gasteiger partial charge in [-0.1, -0.05) is 61.7 Å². The summed E-state index contributed by atoms with van der Waals surface area (Å²) < 4.78 is 0. The molecule has 2 aromatic carbocycles. The van der Waals surface area contributed by atoms with E-state index in [0.29, 0.717) is 23.3 Å². The molecule has 1 heterocycles. The number of aromatic nitrogens is 2. The lowest BCUT2D eigenvalue weighted by atomic mass is 9.96. The van der Waals surface area contributed by atoms with Crippen molar-refractivity contribution in [3.8, 4) is 0 Å². The summed E-state index contributed by atoms with van der Waals surface area (Å²) in [5.41, 5.74) is 1.64. The average Bonchev–Trinajstić information content (AvgIpc) is 2.78. The van der Waals surface area contributed by atoms with Crippen LogP contribution >= 0.6 is 0 Å². The molecule has 0 spiro atoms. The number of amides is 2. The minimum Gasteiger partial charge on any atom is -0.335 e. The fourth-order valence-corrected chi connectivity index (χ4v) is 4.06. The van der Waals surface area contributed by atoms with Crippen LogP contribution in [0.2, 0.25) is 0 Å². The fraction of sp³-hybridized carbons (Fsp3) is 0.375. The van der Waals surface area contributed by atoms with Crippen molar-refractivity contribution >= 4 is 16.9 Å². The van der Waals surface area contributed by atoms with E-state index in [1.165, 1.54) is 12.0 Å². The number of rotatable bonds is 6. The number of fused-ring (bicyclic) bond motifs is 1. The van der Waals surface area contributed by atoms with Crippen LogP contribution in [0.4, 0.5) is 4.79 Å². The predicted octanol–water partition coefficient (Wildman–Crippen LogP) is 4.01. The highest BCUT2D eigenvalue weighted by molar-refractivity contribution is 5.77. The molecule has 0 aliphatic heterocycles. The summed E-state index contributed by atoms with van der Waals surface area (Å²) >= 11 is 0. The molecule has 0 saturated heterocycles. The third kappa shape index (κ3) is 5.06. The lowest BCUT2D eigenvalue weighted by molar-refractivity contribution is 0.186. The van der Waals surface area contributed by atoms with Gasteiger partial charge in [0.2, 0.25) is 0 Å². The number of aromatic amines is 1. The number of nitrogens with zero attached hydrogens (tertiary/aromatic N) is 2. The van der Waals surface area contributed by atoms with Crippen LogP contribution in [0.15, 0.2) is 59.4 Å². The molecule has 0 atom stereocenters. The molecule has 1 aliphatic rings. The van der Waals surface area contributed by atoms with E-state index in [1.807, 2.05) is 36.4 Å². The first kappa shape index (κ1) is 20.1. The highest BCUT2D eigenvalue weighted by Crippen LogP contribution is 2.18. The highest BCUT2D eigenvalue weighted by atomic mass is 16.2. The normalized spacial score (nSPS) is 14.5. The summed E-state index contributed by atoms with van der Waals surface area (Å²) in [6.45, 7) is 0.824. The SMILES string of the molecule is O=C(NC1CCCCC1)N(CCc1ccccc1)Cc1nc2ccccc2c(=O)[nH]1. The molecule has 3 aromatic rings. The molecule has 1 aliphatic carbocycles. The molecule has 156 valence electrons. The molecule has 2 N–H and O–H groups in total. The maximum absolute atomic E-state index is 13.1. The number of nitrogens with one attached hydrogen (secondary N) is 2. The standard InChI is InChI=1S/C24H28N4O2/c29-23-20-13-7-8-14-21(20)26-22(27-23)17-28(16-15-18-9-3-1-4-10-18)24(30)25-19-11-5-2-6-12-19/h1,3-4,7-10,13-14,19H,2,5-6,11-12,15-17H2,(H,25,30)(H,26,27,29). The third-order valence-corrected chi connectivity index (χ3v) is 5.74. The van der Waals surface area contributed by atoms with Crippen molar-refractivity contribution in [1.29, 1.82) is 0 Å². The van der Waals surface area contributed by atoms with Gasteiger partial charge < -0.3 is 15.2 Å². The van der Waals surface area contributed by atoms with Gasteiger partial charge in [-0.2, -0.15) is 0 Å². The van der Waals surface area contributed by atoms with Crippen LogP contribution in [0, 0.1) is 0 Å². The van der Waals surface area contributed by atoms with Gasteiger partial charge in [-0.25, -0.2) is 9.78 Å². The molecule has 2 amide bonds. The Morgan fingerprint density at radius 3 is 2.57 bits per heavy atom. The lowest BCUT2D eigenvalue weighted by Gasteiger charge is -2.28. The number of benzene rings is 2. The Morgan fingerprint density at radius 1 is 1.03 bits per heavy atom. The highest BCUT2D eigenvalue weighted by Gasteiger charge is 2.21. The van der Waals surface area contributed by atoms with Crippen LogP contribution in [0.25, 0.3) is 10.9 Å². The summed E-state index contributed by atoms with van der Waals surface area (Å²) in [4.78, 5) is 34.7. The molecule has 6 nitrogen and oxygen atoms in total. The van der Waals surface area contributed by atoms with Gasteiger partial charge in [0.15, 0.2) is 0 Å². The van der Waals surface area contributed by atoms with Gasteiger partial charge in [0.25, 0.3) is 5.56 Å². The Labute approximate surface area is 176 Å². The molecule has 30 heavy (non-hydrogen) atoms. The van der Waals surface area contributed by atoms with E-state index in [-0.39, 0.29) is 24.2 Å². The molecular weight excluding hydrogens is 376 g/mol. The van der Waals surface area contributed by atoms with E-state index in [1.54, 1.807) is 11.0 Å². The quantitative estimate of drug-likeness (QED) is 0.652. The van der Waals surface area contributed by atoms with Crippen molar-refractivity contribution in [1.82, 2.24) is 20.2 Å². The molecule has 1 fully saturated rings. The van der Waals surface area contributed by atoms with Gasteiger partial charge in [-0.15, -0.1) is 0 Å². The second-order valence-electron chi connectivity index (χ2n) is 7.97. The summed E-state index contributed by atoms with van der Waals surface area (Å²) in [5.74, 6) is 0.505. The van der Waals surface area contributed by atoms with E-state index >= 15 is 0 Å². The molecule has 6 heteroatoms. The van der Waals surface area contributed by atoms with Crippen LogP contribution in [-0.2, 0) is 13.0 Å². The number of carbonyl (C=O) groups is 1. The topological polar surface area (TPSA) is 78.1 Å². The molecular formula is C24H28N4O2. The minimum absolute atomic E-state index is 0.0892. The largest absolute Gasteiger partial charge is 0.335 e. The lowest BCUT2D eigenvalue weighted by Crippen LogP contribution is -2.46. The third-order valence-electron chi connectivity index (χ3n) is 5.74. The first-order chi connectivity index (χ1) is 14.7. The van der Waals surface area contributed by atoms with E-state index in [9.17, 15) is 9.59 Å². The summed E-state index contributed by atoms with van der Waals surface area (Å²) in [7, 11) is 0. The maximum atomic E-state index is 13.1. The van der Waals surface area contributed by atoms with E-state index < -0.39 is 0 Å². The van der Waals surface area contributed by atoms with Crippen molar-refractivity contribution in [3.05, 3.63) is 76.3 Å². The monoisotopic (exact) mass is 404 g/mol. The van der Waals surface area contributed by atoms with Gasteiger partial charge in [0.1, 0.15) is 5.82 Å². The molecule has 1 saturated carbocycles. The predicted molar refractivity (Wildman–Crippen MR) is 118 cm³/mol. The van der Waals surface area contributed by atoms with E-state index in [2.05, 4.69) is 27.4 Å². The minimum atomic E-state index is -0.175. The number of urea groups is 1. The maximum Gasteiger partial charge on any atom is 0.318 e. The molecule has 0 bridgehead atoms. The number of para-hydroxylation sites is 1. The Balaban J connectivity index is 1.52. The number of hydrogen-bond donors (Lipinski definition) is 2. The zero-order valence-corrected chi connectivity index (χ0v) is 17.1. The van der Waals surface area contributed by atoms with Crippen molar-refractivity contribution < 1.29 is 4.79 Å². The second-order valence-corrected chi connectivity index (χ2v) is 7.97. The van der Waals surface area contributed by atoms with Crippen molar-refractivity contribution in [2.24, 2.45) is 0 Å². The van der Waals surface area contributed by atoms with E-state index in [4.69, 9.17) is 0 Å². The van der Waals surface area contributed by atoms with Gasteiger partial charge in [0.05, 0.1) is 17.4 Å². The van der Waals surface area contributed by atoms with Crippen LogP contribution in [0.3, 0.4) is 0 Å². The zero-order valence-electron chi connectivity index (χ0n) is 17.1. The number of carbonyl (C=O) groups excluding carboxylic acids is 1. The van der Waals surface area contributed by atoms with Crippen LogP contribution in [0.1, 0.15) is 43.5 Å². The Kier molecular flexibility index (Phi) is 6.42. The summed E-state index contributed by atoms with van der Waals surface area (Å²) in [6.07, 6.45) is 6.37. The summed E-state index contributed by atoms with van der Waals surface area (Å²) in [5, 5.41) is 3.75. The smallest absolute Gasteiger partial charge is 0.318 e. The first-order valence-corrected chi connectivity index (χ1v) is 10.8. The van der Waals surface area contributed by atoms with Gasteiger partial charge in [-0.05, 0) is 37.0 Å². The molecule has 1 aromatic heterocycles. The summed E-state index contributed by atoms with van der Waals surface area (Å²) in [6, 6.07) is 17.5. The zero-order chi connectivity index (χ0) is 20.8. The Bertz CT molecular complexity index is 1040. The fourth-order valence-electron chi connectivity index (χ4n) is 4.06. The Morgan fingerprint density at radius 2 is 1.77 bits per heavy atom. The van der Waals surface area contributed by atoms with Gasteiger partial charge >= 0.3 is 6.03 Å².